The minimum absolute atomic E-state index is 0.00482. The summed E-state index contributed by atoms with van der Waals surface area (Å²) < 4.78 is 30.6. The van der Waals surface area contributed by atoms with Gasteiger partial charge in [0.2, 0.25) is 0 Å². The summed E-state index contributed by atoms with van der Waals surface area (Å²) in [5, 5.41) is 0. The second kappa shape index (κ2) is 3.95. The Bertz CT molecular complexity index is 316. The number of ether oxygens (including phenoxy) is 1. The van der Waals surface area contributed by atoms with E-state index < -0.39 is 11.6 Å². The molecule has 0 heterocycles. The Morgan fingerprint density at radius 2 is 1.79 bits per heavy atom. The molecular weight excluding hydrogens is 186 g/mol. The molecule has 0 radical (unpaired) electrons. The molecule has 0 amide bonds. The quantitative estimate of drug-likeness (QED) is 0.711. The van der Waals surface area contributed by atoms with Gasteiger partial charge in [-0.25, -0.2) is 8.78 Å². The molecule has 0 aromatic heterocycles. The molecule has 1 aromatic rings. The van der Waals surface area contributed by atoms with Crippen LogP contribution in [0, 0.1) is 17.0 Å². The lowest BCUT2D eigenvalue weighted by molar-refractivity contribution is 0.197. The fourth-order valence-electron chi connectivity index (χ4n) is 0.866. The molecule has 0 bridgehead atoms. The third-order valence-electron chi connectivity index (χ3n) is 1.56. The number of rotatable bonds is 2. The fourth-order valence-corrected chi connectivity index (χ4v) is 0.866. The molecule has 0 saturated heterocycles. The predicted molar refractivity (Wildman–Crippen MR) is 51.3 cm³/mol. The Labute approximate surface area is 82.7 Å². The molecule has 0 aliphatic heterocycles. The van der Waals surface area contributed by atoms with Crippen molar-refractivity contribution in [2.24, 2.45) is 5.41 Å². The van der Waals surface area contributed by atoms with Gasteiger partial charge in [0.15, 0.2) is 11.6 Å². The first kappa shape index (κ1) is 11.0. The Kier molecular flexibility index (Phi) is 3.09. The van der Waals surface area contributed by atoms with Gasteiger partial charge < -0.3 is 4.74 Å². The molecule has 1 aromatic carbocycles. The first-order valence-electron chi connectivity index (χ1n) is 4.46. The highest BCUT2D eigenvalue weighted by Gasteiger charge is 2.11. The van der Waals surface area contributed by atoms with E-state index in [-0.39, 0.29) is 5.41 Å². The number of benzene rings is 1. The largest absolute Gasteiger partial charge is 0.493 e. The topological polar surface area (TPSA) is 9.23 Å². The van der Waals surface area contributed by atoms with Gasteiger partial charge >= 0.3 is 0 Å². The summed E-state index contributed by atoms with van der Waals surface area (Å²) in [6.07, 6.45) is 0. The third kappa shape index (κ3) is 3.32. The minimum Gasteiger partial charge on any atom is -0.493 e. The van der Waals surface area contributed by atoms with E-state index in [0.717, 1.165) is 12.1 Å². The van der Waals surface area contributed by atoms with E-state index in [0.29, 0.717) is 12.4 Å². The molecular formula is C11H14F2O. The maximum Gasteiger partial charge on any atom is 0.162 e. The van der Waals surface area contributed by atoms with Gasteiger partial charge in [0, 0.05) is 6.07 Å². The zero-order chi connectivity index (χ0) is 10.8. The van der Waals surface area contributed by atoms with Crippen molar-refractivity contribution in [3.63, 3.8) is 0 Å². The summed E-state index contributed by atoms with van der Waals surface area (Å²) in [5.41, 5.74) is 0.00482. The maximum absolute atomic E-state index is 12.7. The molecule has 1 nitrogen and oxygen atoms in total. The summed E-state index contributed by atoms with van der Waals surface area (Å²) in [6.45, 7) is 6.49. The van der Waals surface area contributed by atoms with Crippen LogP contribution in [0.3, 0.4) is 0 Å². The summed E-state index contributed by atoms with van der Waals surface area (Å²) in [6, 6.07) is 3.54. The molecule has 3 heteroatoms. The molecule has 1 rings (SSSR count). The lowest BCUT2D eigenvalue weighted by Crippen LogP contribution is -2.16. The van der Waals surface area contributed by atoms with Crippen LogP contribution in [0.15, 0.2) is 18.2 Å². The predicted octanol–water partition coefficient (Wildman–Crippen LogP) is 3.39. The summed E-state index contributed by atoms with van der Waals surface area (Å²) in [5.74, 6) is -1.37. The normalized spacial score (nSPS) is 11.5. The van der Waals surface area contributed by atoms with E-state index in [1.54, 1.807) is 0 Å². The second-order valence-corrected chi connectivity index (χ2v) is 4.43. The van der Waals surface area contributed by atoms with Crippen molar-refractivity contribution in [2.75, 3.05) is 6.61 Å². The lowest BCUT2D eigenvalue weighted by atomic mass is 9.99. The molecule has 0 saturated carbocycles. The Hall–Kier alpha value is -1.12. The Balaban J connectivity index is 2.65. The molecule has 0 unspecified atom stereocenters. The summed E-state index contributed by atoms with van der Waals surface area (Å²) >= 11 is 0. The highest BCUT2D eigenvalue weighted by atomic mass is 19.2. The number of hydrogen-bond acceptors (Lipinski definition) is 1. The van der Waals surface area contributed by atoms with Crippen LogP contribution >= 0.6 is 0 Å². The maximum atomic E-state index is 12.7. The summed E-state index contributed by atoms with van der Waals surface area (Å²) in [7, 11) is 0. The molecule has 78 valence electrons. The van der Waals surface area contributed by atoms with Crippen molar-refractivity contribution < 1.29 is 13.5 Å². The van der Waals surface area contributed by atoms with Gasteiger partial charge in [0.05, 0.1) is 6.61 Å². The molecule has 0 aliphatic carbocycles. The average molecular weight is 200 g/mol. The van der Waals surface area contributed by atoms with Gasteiger partial charge in [-0.2, -0.15) is 0 Å². The molecule has 14 heavy (non-hydrogen) atoms. The van der Waals surface area contributed by atoms with Crippen molar-refractivity contribution in [3.05, 3.63) is 29.8 Å². The molecule has 0 fully saturated rings. The second-order valence-electron chi connectivity index (χ2n) is 4.43. The molecule has 0 aliphatic rings. The van der Waals surface area contributed by atoms with E-state index in [1.165, 1.54) is 6.07 Å². The van der Waals surface area contributed by atoms with Crippen LogP contribution in [0.5, 0.6) is 5.75 Å². The van der Waals surface area contributed by atoms with Crippen LogP contribution < -0.4 is 4.74 Å². The van der Waals surface area contributed by atoms with Crippen LogP contribution in [0.1, 0.15) is 20.8 Å². The SMILES string of the molecule is CC(C)(C)COc1ccc(F)c(F)c1. The highest BCUT2D eigenvalue weighted by molar-refractivity contribution is 5.23. The van der Waals surface area contributed by atoms with Crippen LogP contribution in [-0.4, -0.2) is 6.61 Å². The van der Waals surface area contributed by atoms with E-state index >= 15 is 0 Å². The average Bonchev–Trinajstić information content (AvgIpc) is 2.06. The van der Waals surface area contributed by atoms with E-state index in [4.69, 9.17) is 4.74 Å². The van der Waals surface area contributed by atoms with Gasteiger partial charge in [0.1, 0.15) is 5.75 Å². The van der Waals surface area contributed by atoms with Gasteiger partial charge in [0.25, 0.3) is 0 Å². The van der Waals surface area contributed by atoms with Crippen LogP contribution in [0.25, 0.3) is 0 Å². The number of halogens is 2. The standard InChI is InChI=1S/C11H14F2O/c1-11(2,3)7-14-8-4-5-9(12)10(13)6-8/h4-6H,7H2,1-3H3. The highest BCUT2D eigenvalue weighted by Crippen LogP contribution is 2.19. The van der Waals surface area contributed by atoms with Gasteiger partial charge in [-0.1, -0.05) is 20.8 Å². The van der Waals surface area contributed by atoms with Crippen molar-refractivity contribution in [1.29, 1.82) is 0 Å². The van der Waals surface area contributed by atoms with Crippen molar-refractivity contribution in [1.82, 2.24) is 0 Å². The lowest BCUT2D eigenvalue weighted by Gasteiger charge is -2.18. The minimum atomic E-state index is -0.878. The summed E-state index contributed by atoms with van der Waals surface area (Å²) in [4.78, 5) is 0. The zero-order valence-electron chi connectivity index (χ0n) is 8.60. The first-order valence-corrected chi connectivity index (χ1v) is 4.46. The van der Waals surface area contributed by atoms with E-state index in [2.05, 4.69) is 0 Å². The fraction of sp³-hybridized carbons (Fsp3) is 0.455. The van der Waals surface area contributed by atoms with Crippen LogP contribution in [0.2, 0.25) is 0 Å². The molecule has 0 N–H and O–H groups in total. The van der Waals surface area contributed by atoms with Gasteiger partial charge in [-0.15, -0.1) is 0 Å². The Morgan fingerprint density at radius 3 is 2.29 bits per heavy atom. The zero-order valence-corrected chi connectivity index (χ0v) is 8.60. The monoisotopic (exact) mass is 200 g/mol. The van der Waals surface area contributed by atoms with E-state index in [9.17, 15) is 8.78 Å². The molecule has 0 atom stereocenters. The number of hydrogen-bond donors (Lipinski definition) is 0. The Morgan fingerprint density at radius 1 is 1.14 bits per heavy atom. The van der Waals surface area contributed by atoms with Gasteiger partial charge in [-0.05, 0) is 17.5 Å². The van der Waals surface area contributed by atoms with E-state index in [1.807, 2.05) is 20.8 Å². The van der Waals surface area contributed by atoms with Crippen molar-refractivity contribution in [3.8, 4) is 5.75 Å². The van der Waals surface area contributed by atoms with Crippen LogP contribution in [-0.2, 0) is 0 Å². The third-order valence-corrected chi connectivity index (χ3v) is 1.56. The van der Waals surface area contributed by atoms with Crippen LogP contribution in [0.4, 0.5) is 8.78 Å². The molecule has 0 spiro atoms. The van der Waals surface area contributed by atoms with Gasteiger partial charge in [-0.3, -0.25) is 0 Å². The first-order chi connectivity index (χ1) is 6.38. The van der Waals surface area contributed by atoms with Crippen molar-refractivity contribution in [2.45, 2.75) is 20.8 Å². The smallest absolute Gasteiger partial charge is 0.162 e. The van der Waals surface area contributed by atoms with Crippen molar-refractivity contribution >= 4 is 0 Å².